The van der Waals surface area contributed by atoms with Gasteiger partial charge in [-0.05, 0) is 63.5 Å². The molecule has 132 valence electrons. The summed E-state index contributed by atoms with van der Waals surface area (Å²) in [6.45, 7) is 2.71. The molecule has 5 nitrogen and oxygen atoms in total. The molecule has 2 amide bonds. The van der Waals surface area contributed by atoms with Crippen molar-refractivity contribution < 1.29 is 13.9 Å². The summed E-state index contributed by atoms with van der Waals surface area (Å²) < 4.78 is 19.0. The molecular weight excluding hydrogens is 309 g/mol. The molecule has 0 aliphatic carbocycles. The second-order valence-corrected chi connectivity index (χ2v) is 6.78. The van der Waals surface area contributed by atoms with Gasteiger partial charge in [0.15, 0.2) is 0 Å². The second kappa shape index (κ2) is 7.94. The van der Waals surface area contributed by atoms with Gasteiger partial charge in [0.2, 0.25) is 0 Å². The number of hydrogen-bond donors (Lipinski definition) is 2. The predicted octanol–water partition coefficient (Wildman–Crippen LogP) is 2.44. The van der Waals surface area contributed by atoms with Gasteiger partial charge in [-0.25, -0.2) is 9.18 Å². The van der Waals surface area contributed by atoms with Gasteiger partial charge < -0.3 is 20.3 Å². The quantitative estimate of drug-likeness (QED) is 0.889. The van der Waals surface area contributed by atoms with Gasteiger partial charge in [-0.1, -0.05) is 12.1 Å². The fourth-order valence-electron chi connectivity index (χ4n) is 3.45. The van der Waals surface area contributed by atoms with Gasteiger partial charge in [0.25, 0.3) is 0 Å². The molecule has 0 bridgehead atoms. The number of carbonyl (C=O) groups excluding carboxylic acids is 1. The third-order valence-electron chi connectivity index (χ3n) is 4.91. The van der Waals surface area contributed by atoms with Crippen molar-refractivity contribution in [1.29, 1.82) is 0 Å². The molecule has 0 saturated carbocycles. The Morgan fingerprint density at radius 3 is 2.58 bits per heavy atom. The average Bonchev–Trinajstić information content (AvgIpc) is 3.10. The fraction of sp³-hybridized carbons (Fsp3) is 0.611. The molecule has 2 fully saturated rings. The Balaban J connectivity index is 1.62. The van der Waals surface area contributed by atoms with Crippen LogP contribution < -0.4 is 10.6 Å². The Morgan fingerprint density at radius 2 is 1.96 bits per heavy atom. The first-order valence-electron chi connectivity index (χ1n) is 8.74. The molecule has 0 aromatic heterocycles. The van der Waals surface area contributed by atoms with E-state index in [1.807, 2.05) is 0 Å². The number of halogens is 1. The van der Waals surface area contributed by atoms with Crippen molar-refractivity contribution in [3.8, 4) is 0 Å². The highest BCUT2D eigenvalue weighted by atomic mass is 19.1. The van der Waals surface area contributed by atoms with Crippen LogP contribution in [0, 0.1) is 5.82 Å². The predicted molar refractivity (Wildman–Crippen MR) is 90.3 cm³/mol. The minimum Gasteiger partial charge on any atom is -0.376 e. The van der Waals surface area contributed by atoms with Crippen molar-refractivity contribution in [3.63, 3.8) is 0 Å². The van der Waals surface area contributed by atoms with E-state index in [1.54, 1.807) is 12.1 Å². The topological polar surface area (TPSA) is 53.6 Å². The van der Waals surface area contributed by atoms with E-state index in [2.05, 4.69) is 22.6 Å². The Morgan fingerprint density at radius 1 is 1.25 bits per heavy atom. The summed E-state index contributed by atoms with van der Waals surface area (Å²) in [5, 5.41) is 6.11. The van der Waals surface area contributed by atoms with Crippen molar-refractivity contribution in [2.75, 3.05) is 26.7 Å². The minimum absolute atomic E-state index is 0.0568. The van der Waals surface area contributed by atoms with Crippen LogP contribution in [0.15, 0.2) is 24.3 Å². The molecule has 0 radical (unpaired) electrons. The zero-order valence-corrected chi connectivity index (χ0v) is 14.1. The molecule has 3 rings (SSSR count). The minimum atomic E-state index is -0.277. The fourth-order valence-corrected chi connectivity index (χ4v) is 3.45. The Labute approximate surface area is 142 Å². The molecule has 2 atom stereocenters. The van der Waals surface area contributed by atoms with E-state index in [0.717, 1.165) is 44.3 Å². The Bertz CT molecular complexity index is 538. The number of likely N-dealkylation sites (tertiary alicyclic amines) is 1. The van der Waals surface area contributed by atoms with Gasteiger partial charge in [0, 0.05) is 12.6 Å². The number of urea groups is 1. The zero-order valence-electron chi connectivity index (χ0n) is 14.1. The first-order chi connectivity index (χ1) is 11.6. The standard InChI is InChI=1S/C18H26FN3O2/c1-22-10-8-15(9-11-22)20-18(23)21-17(16-3-2-12-24-16)13-4-6-14(19)7-5-13/h4-7,15-17H,2-3,8-12H2,1H3,(H2,20,21,23). The number of carbonyl (C=O) groups is 1. The largest absolute Gasteiger partial charge is 0.376 e. The lowest BCUT2D eigenvalue weighted by molar-refractivity contribution is 0.0803. The molecule has 2 unspecified atom stereocenters. The number of nitrogens with zero attached hydrogens (tertiary/aromatic N) is 1. The van der Waals surface area contributed by atoms with Gasteiger partial charge in [0.1, 0.15) is 5.82 Å². The molecule has 1 aromatic rings. The number of hydrogen-bond acceptors (Lipinski definition) is 3. The normalized spacial score (nSPS) is 23.8. The van der Waals surface area contributed by atoms with Crippen LogP contribution >= 0.6 is 0 Å². The number of nitrogens with one attached hydrogen (secondary N) is 2. The monoisotopic (exact) mass is 335 g/mol. The summed E-state index contributed by atoms with van der Waals surface area (Å²) in [6, 6.07) is 6.07. The number of ether oxygens (including phenoxy) is 1. The van der Waals surface area contributed by atoms with Crippen molar-refractivity contribution >= 4 is 6.03 Å². The molecular formula is C18H26FN3O2. The van der Waals surface area contributed by atoms with Gasteiger partial charge in [0.05, 0.1) is 12.1 Å². The Kier molecular flexibility index (Phi) is 5.68. The molecule has 2 N–H and O–H groups in total. The number of piperidine rings is 1. The van der Waals surface area contributed by atoms with Crippen molar-refractivity contribution in [2.45, 2.75) is 43.9 Å². The molecule has 1 aromatic carbocycles. The van der Waals surface area contributed by atoms with E-state index in [9.17, 15) is 9.18 Å². The van der Waals surface area contributed by atoms with Gasteiger partial charge in [-0.15, -0.1) is 0 Å². The highest BCUT2D eigenvalue weighted by molar-refractivity contribution is 5.75. The molecule has 24 heavy (non-hydrogen) atoms. The van der Waals surface area contributed by atoms with Crippen LogP contribution in [0.5, 0.6) is 0 Å². The van der Waals surface area contributed by atoms with E-state index >= 15 is 0 Å². The highest BCUT2D eigenvalue weighted by Gasteiger charge is 2.29. The van der Waals surface area contributed by atoms with Crippen molar-refractivity contribution in [3.05, 3.63) is 35.6 Å². The summed E-state index contributed by atoms with van der Waals surface area (Å²) >= 11 is 0. The van der Waals surface area contributed by atoms with E-state index in [1.165, 1.54) is 12.1 Å². The van der Waals surface area contributed by atoms with E-state index in [-0.39, 0.29) is 30.0 Å². The summed E-state index contributed by atoms with van der Waals surface area (Å²) in [5.74, 6) is -0.277. The number of rotatable bonds is 4. The first kappa shape index (κ1) is 17.2. The molecule has 2 heterocycles. The van der Waals surface area contributed by atoms with Crippen LogP contribution in [-0.4, -0.2) is 49.8 Å². The maximum atomic E-state index is 13.2. The van der Waals surface area contributed by atoms with Crippen LogP contribution in [-0.2, 0) is 4.74 Å². The maximum Gasteiger partial charge on any atom is 0.315 e. The third kappa shape index (κ3) is 4.45. The van der Waals surface area contributed by atoms with Gasteiger partial charge in [-0.3, -0.25) is 0 Å². The van der Waals surface area contributed by atoms with Crippen molar-refractivity contribution in [1.82, 2.24) is 15.5 Å². The average molecular weight is 335 g/mol. The number of amides is 2. The second-order valence-electron chi connectivity index (χ2n) is 6.78. The van der Waals surface area contributed by atoms with Crippen molar-refractivity contribution in [2.24, 2.45) is 0 Å². The van der Waals surface area contributed by atoms with Gasteiger partial charge in [-0.2, -0.15) is 0 Å². The van der Waals surface area contributed by atoms with Crippen LogP contribution in [0.25, 0.3) is 0 Å². The summed E-state index contributed by atoms with van der Waals surface area (Å²) in [7, 11) is 2.10. The SMILES string of the molecule is CN1CCC(NC(=O)NC(c2ccc(F)cc2)C2CCCO2)CC1. The maximum absolute atomic E-state index is 13.2. The lowest BCUT2D eigenvalue weighted by atomic mass is 9.99. The van der Waals surface area contributed by atoms with Crippen LogP contribution in [0.1, 0.15) is 37.3 Å². The highest BCUT2D eigenvalue weighted by Crippen LogP contribution is 2.27. The van der Waals surface area contributed by atoms with Crippen LogP contribution in [0.2, 0.25) is 0 Å². The lowest BCUT2D eigenvalue weighted by Crippen LogP contribution is -2.49. The molecule has 2 saturated heterocycles. The van der Waals surface area contributed by atoms with Crippen LogP contribution in [0.3, 0.4) is 0 Å². The summed E-state index contributed by atoms with van der Waals surface area (Å²) in [5.41, 5.74) is 0.877. The van der Waals surface area contributed by atoms with Gasteiger partial charge >= 0.3 is 6.03 Å². The Hall–Kier alpha value is -1.66. The summed E-state index contributed by atoms with van der Waals surface area (Å²) in [6.07, 6.45) is 3.76. The third-order valence-corrected chi connectivity index (χ3v) is 4.91. The van der Waals surface area contributed by atoms with E-state index in [4.69, 9.17) is 4.74 Å². The first-order valence-corrected chi connectivity index (χ1v) is 8.74. The van der Waals surface area contributed by atoms with Crippen LogP contribution in [0.4, 0.5) is 9.18 Å². The lowest BCUT2D eigenvalue weighted by Gasteiger charge is -2.31. The smallest absolute Gasteiger partial charge is 0.315 e. The molecule has 0 spiro atoms. The molecule has 2 aliphatic heterocycles. The molecule has 2 aliphatic rings. The zero-order chi connectivity index (χ0) is 16.9. The summed E-state index contributed by atoms with van der Waals surface area (Å²) in [4.78, 5) is 14.7. The molecule has 6 heteroatoms. The number of benzene rings is 1. The van der Waals surface area contributed by atoms with E-state index < -0.39 is 0 Å². The van der Waals surface area contributed by atoms with E-state index in [0.29, 0.717) is 6.61 Å².